The number of hydrogen-bond donors (Lipinski definition) is 1. The van der Waals surface area contributed by atoms with Crippen molar-refractivity contribution in [3.05, 3.63) is 47.6 Å². The Kier molecular flexibility index (Phi) is 10.4. The van der Waals surface area contributed by atoms with Crippen LogP contribution in [-0.2, 0) is 9.59 Å². The fourth-order valence-electron chi connectivity index (χ4n) is 1.94. The molecule has 0 saturated carbocycles. The lowest BCUT2D eigenvalue weighted by atomic mass is 9.95. The molecule has 0 aliphatic heterocycles. The van der Waals surface area contributed by atoms with Crippen molar-refractivity contribution in [1.82, 2.24) is 4.90 Å². The second-order valence-electron chi connectivity index (χ2n) is 4.58. The summed E-state index contributed by atoms with van der Waals surface area (Å²) in [5, 5.41) is 9.50. The number of hydrogen-bond acceptors (Lipinski definition) is 3. The molecule has 0 aromatic heterocycles. The smallest absolute Gasteiger partial charge is 0.253 e. The van der Waals surface area contributed by atoms with Gasteiger partial charge in [0.2, 0.25) is 0 Å². The summed E-state index contributed by atoms with van der Waals surface area (Å²) in [7, 11) is 1.62. The van der Waals surface area contributed by atoms with Gasteiger partial charge >= 0.3 is 0 Å². The summed E-state index contributed by atoms with van der Waals surface area (Å²) in [6, 6.07) is 0. The molecule has 0 rings (SSSR count). The number of amides is 1. The zero-order valence-corrected chi connectivity index (χ0v) is 15.0. The van der Waals surface area contributed by atoms with Gasteiger partial charge in [0.15, 0.2) is 5.78 Å². The van der Waals surface area contributed by atoms with Gasteiger partial charge in [-0.1, -0.05) is 46.8 Å². The monoisotopic (exact) mass is 369 g/mol. The minimum atomic E-state index is -0.211. The lowest BCUT2D eigenvalue weighted by molar-refractivity contribution is -0.126. The highest BCUT2D eigenvalue weighted by Gasteiger charge is 2.20. The van der Waals surface area contributed by atoms with Gasteiger partial charge < -0.3 is 10.0 Å². The minimum Gasteiger partial charge on any atom is -0.395 e. The van der Waals surface area contributed by atoms with Crippen LogP contribution in [0.2, 0.25) is 0 Å². The first-order valence-corrected chi connectivity index (χ1v) is 8.18. The Morgan fingerprint density at radius 3 is 2.32 bits per heavy atom. The van der Waals surface area contributed by atoms with E-state index in [1.165, 1.54) is 11.0 Å². The normalized spacial score (nSPS) is 13.0. The number of rotatable bonds is 9. The number of carbonyl (C=O) groups is 2. The van der Waals surface area contributed by atoms with Crippen molar-refractivity contribution in [2.75, 3.05) is 25.5 Å². The number of ketones is 1. The summed E-state index contributed by atoms with van der Waals surface area (Å²) in [5.41, 5.74) is 1.68. The highest BCUT2D eigenvalue weighted by Crippen LogP contribution is 2.20. The van der Waals surface area contributed by atoms with Crippen molar-refractivity contribution in [1.29, 1.82) is 0 Å². The molecular formula is C17H24BrNO3. The van der Waals surface area contributed by atoms with Gasteiger partial charge in [0.1, 0.15) is 0 Å². The third-order valence-electron chi connectivity index (χ3n) is 3.17. The molecule has 0 aliphatic carbocycles. The van der Waals surface area contributed by atoms with Gasteiger partial charge in [-0.25, -0.2) is 0 Å². The number of allylic oxidation sites excluding steroid dienone is 5. The fourth-order valence-corrected chi connectivity index (χ4v) is 2.33. The van der Waals surface area contributed by atoms with Crippen LogP contribution in [0.15, 0.2) is 47.6 Å². The van der Waals surface area contributed by atoms with E-state index in [1.807, 2.05) is 6.08 Å². The first-order chi connectivity index (χ1) is 10.5. The number of aliphatic hydroxyl groups is 1. The van der Waals surface area contributed by atoms with Crippen LogP contribution in [0.3, 0.4) is 0 Å². The second kappa shape index (κ2) is 11.2. The first kappa shape index (κ1) is 20.5. The van der Waals surface area contributed by atoms with Crippen LogP contribution in [0.5, 0.6) is 0 Å². The molecular weight excluding hydrogens is 346 g/mol. The fraction of sp³-hybridized carbons (Fsp3) is 0.412. The van der Waals surface area contributed by atoms with E-state index in [9.17, 15) is 9.59 Å². The van der Waals surface area contributed by atoms with Gasteiger partial charge in [0, 0.05) is 36.5 Å². The second-order valence-corrected chi connectivity index (χ2v) is 5.23. The molecule has 0 bridgehead atoms. The van der Waals surface area contributed by atoms with Gasteiger partial charge in [-0.05, 0) is 19.4 Å². The third kappa shape index (κ3) is 6.12. The summed E-state index contributed by atoms with van der Waals surface area (Å²) >= 11 is 3.31. The molecule has 4 nitrogen and oxygen atoms in total. The predicted octanol–water partition coefficient (Wildman–Crippen LogP) is 2.80. The lowest BCUT2D eigenvalue weighted by Crippen LogP contribution is -2.31. The first-order valence-electron chi connectivity index (χ1n) is 7.06. The van der Waals surface area contributed by atoms with Crippen molar-refractivity contribution in [2.45, 2.75) is 20.3 Å². The maximum absolute atomic E-state index is 12.4. The quantitative estimate of drug-likeness (QED) is 0.386. The van der Waals surface area contributed by atoms with Crippen molar-refractivity contribution in [3.8, 4) is 0 Å². The summed E-state index contributed by atoms with van der Waals surface area (Å²) in [6.45, 7) is 7.31. The predicted molar refractivity (Wildman–Crippen MR) is 93.9 cm³/mol. The van der Waals surface area contributed by atoms with Gasteiger partial charge in [-0.15, -0.1) is 0 Å². The number of halogens is 1. The number of likely N-dealkylation sites (N-methyl/N-ethyl adjacent to an activating group) is 1. The molecule has 1 N–H and O–H groups in total. The zero-order valence-electron chi connectivity index (χ0n) is 13.4. The number of nitrogens with zero attached hydrogens (tertiary/aromatic N) is 1. The van der Waals surface area contributed by atoms with Gasteiger partial charge in [0.25, 0.3) is 5.91 Å². The van der Waals surface area contributed by atoms with Crippen molar-refractivity contribution >= 4 is 27.6 Å². The molecule has 22 heavy (non-hydrogen) atoms. The SMILES string of the molecule is C=C/C(=C\C)C(=O)CC(=C/CBr)/C(=C\C)C(=O)N(C)CCO. The molecule has 0 heterocycles. The summed E-state index contributed by atoms with van der Waals surface area (Å²) < 4.78 is 0. The Bertz CT molecular complexity index is 504. The lowest BCUT2D eigenvalue weighted by Gasteiger charge is -2.19. The van der Waals surface area contributed by atoms with E-state index in [0.29, 0.717) is 22.0 Å². The number of carbonyl (C=O) groups excluding carboxylic acids is 2. The molecule has 0 aromatic carbocycles. The molecule has 0 fully saturated rings. The van der Waals surface area contributed by atoms with Crippen molar-refractivity contribution in [2.24, 2.45) is 0 Å². The number of aliphatic hydroxyl groups excluding tert-OH is 1. The van der Waals surface area contributed by atoms with E-state index in [2.05, 4.69) is 22.5 Å². The topological polar surface area (TPSA) is 57.6 Å². The molecule has 0 aliphatic rings. The van der Waals surface area contributed by atoms with Crippen LogP contribution >= 0.6 is 15.9 Å². The summed E-state index contributed by atoms with van der Waals surface area (Å²) in [5.74, 6) is -0.293. The summed E-state index contributed by atoms with van der Waals surface area (Å²) in [4.78, 5) is 26.1. The molecule has 0 radical (unpaired) electrons. The Morgan fingerprint density at radius 1 is 1.27 bits per heavy atom. The number of alkyl halides is 1. The van der Waals surface area contributed by atoms with Crippen LogP contribution < -0.4 is 0 Å². The van der Waals surface area contributed by atoms with Crippen LogP contribution in [-0.4, -0.2) is 47.2 Å². The highest BCUT2D eigenvalue weighted by atomic mass is 79.9. The van der Waals surface area contributed by atoms with Gasteiger partial charge in [0.05, 0.1) is 6.61 Å². The van der Waals surface area contributed by atoms with E-state index in [0.717, 1.165) is 0 Å². The van der Waals surface area contributed by atoms with Gasteiger partial charge in [-0.3, -0.25) is 9.59 Å². The maximum atomic E-state index is 12.4. The Morgan fingerprint density at radius 2 is 1.91 bits per heavy atom. The largest absolute Gasteiger partial charge is 0.395 e. The molecule has 0 spiro atoms. The minimum absolute atomic E-state index is 0.0818. The molecule has 5 heteroatoms. The molecule has 0 atom stereocenters. The highest BCUT2D eigenvalue weighted by molar-refractivity contribution is 9.09. The van der Waals surface area contributed by atoms with E-state index in [-0.39, 0.29) is 31.3 Å². The molecule has 122 valence electrons. The van der Waals surface area contributed by atoms with E-state index in [1.54, 1.807) is 33.0 Å². The van der Waals surface area contributed by atoms with Crippen LogP contribution in [0.4, 0.5) is 0 Å². The van der Waals surface area contributed by atoms with Crippen LogP contribution in [0.1, 0.15) is 20.3 Å². The Hall–Kier alpha value is -1.46. The zero-order chi connectivity index (χ0) is 17.1. The van der Waals surface area contributed by atoms with Crippen LogP contribution in [0, 0.1) is 0 Å². The molecule has 1 amide bonds. The third-order valence-corrected chi connectivity index (χ3v) is 3.50. The van der Waals surface area contributed by atoms with Crippen molar-refractivity contribution in [3.63, 3.8) is 0 Å². The Balaban J connectivity index is 5.39. The van der Waals surface area contributed by atoms with E-state index >= 15 is 0 Å². The molecule has 0 unspecified atom stereocenters. The number of Topliss-reactive ketones (excluding diaryl/α,β-unsaturated/α-hetero) is 1. The summed E-state index contributed by atoms with van der Waals surface area (Å²) in [6.07, 6.45) is 6.87. The average Bonchev–Trinajstić information content (AvgIpc) is 2.49. The van der Waals surface area contributed by atoms with Crippen molar-refractivity contribution < 1.29 is 14.7 Å². The van der Waals surface area contributed by atoms with E-state index in [4.69, 9.17) is 5.11 Å². The van der Waals surface area contributed by atoms with Crippen LogP contribution in [0.25, 0.3) is 0 Å². The van der Waals surface area contributed by atoms with E-state index < -0.39 is 0 Å². The maximum Gasteiger partial charge on any atom is 0.253 e. The average molecular weight is 370 g/mol. The Labute approximate surface area is 141 Å². The molecule has 0 aromatic rings. The standard InChI is InChI=1S/C17H24BrNO3/c1-5-13(6-2)16(21)12-14(8-9-18)15(7-3)17(22)19(4)10-11-20/h5-8,20H,1,9-12H2,2-4H3/b13-6+,14-8-,15-7+. The van der Waals surface area contributed by atoms with Gasteiger partial charge in [-0.2, -0.15) is 0 Å². The molecule has 0 saturated heterocycles.